The molecule has 0 saturated carbocycles. The molecule has 0 radical (unpaired) electrons. The van der Waals surface area contributed by atoms with Gasteiger partial charge in [0.15, 0.2) is 0 Å². The fourth-order valence-electron chi connectivity index (χ4n) is 2.63. The van der Waals surface area contributed by atoms with Gasteiger partial charge in [0, 0.05) is 24.4 Å². The van der Waals surface area contributed by atoms with Crippen LogP contribution < -0.4 is 4.90 Å². The van der Waals surface area contributed by atoms with Crippen LogP contribution in [0.25, 0.3) is 0 Å². The average molecular weight is 355 g/mol. The Bertz CT molecular complexity index is 505. The Labute approximate surface area is 149 Å². The first-order chi connectivity index (χ1) is 11.6. The second-order valence-corrected chi connectivity index (χ2v) is 6.19. The Morgan fingerprint density at radius 2 is 1.58 bits per heavy atom. The van der Waals surface area contributed by atoms with Crippen molar-refractivity contribution in [3.63, 3.8) is 0 Å². The Morgan fingerprint density at radius 1 is 1.04 bits per heavy atom. The van der Waals surface area contributed by atoms with Crippen LogP contribution >= 0.6 is 11.6 Å². The summed E-state index contributed by atoms with van der Waals surface area (Å²) in [5.74, 6) is -0.262. The number of alkyl halides is 1. The first-order valence-corrected chi connectivity index (χ1v) is 9.24. The highest BCUT2D eigenvalue weighted by Gasteiger charge is 2.15. The van der Waals surface area contributed by atoms with Gasteiger partial charge in [-0.25, -0.2) is 0 Å². The zero-order valence-electron chi connectivity index (χ0n) is 14.4. The van der Waals surface area contributed by atoms with Crippen LogP contribution in [-0.2, 0) is 4.79 Å². The summed E-state index contributed by atoms with van der Waals surface area (Å²) in [6.45, 7) is 2.80. The quantitative estimate of drug-likeness (QED) is 0.221. The minimum Gasteiger partial charge on any atom is -0.311 e. The molecule has 134 valence electrons. The van der Waals surface area contributed by atoms with E-state index in [0.29, 0.717) is 12.2 Å². The van der Waals surface area contributed by atoms with Crippen molar-refractivity contribution < 1.29 is 9.72 Å². The number of unbranched alkanes of at least 4 members (excludes halogenated alkanes) is 7. The van der Waals surface area contributed by atoms with E-state index in [9.17, 15) is 14.9 Å². The molecule has 0 heterocycles. The smallest absolute Gasteiger partial charge is 0.269 e. The van der Waals surface area contributed by atoms with Gasteiger partial charge in [0.2, 0.25) is 5.91 Å². The van der Waals surface area contributed by atoms with Crippen molar-refractivity contribution >= 4 is 28.9 Å². The van der Waals surface area contributed by atoms with E-state index in [1.165, 1.54) is 50.7 Å². The number of carbonyl (C=O) groups excluding carboxylic acids is 1. The maximum atomic E-state index is 12.0. The number of amides is 1. The van der Waals surface area contributed by atoms with Crippen molar-refractivity contribution in [1.29, 1.82) is 0 Å². The molecule has 0 unspecified atom stereocenters. The lowest BCUT2D eigenvalue weighted by Crippen LogP contribution is -2.32. The van der Waals surface area contributed by atoms with Gasteiger partial charge in [0.25, 0.3) is 5.69 Å². The van der Waals surface area contributed by atoms with E-state index < -0.39 is 4.92 Å². The zero-order valence-corrected chi connectivity index (χ0v) is 15.1. The first kappa shape index (κ1) is 20.4. The van der Waals surface area contributed by atoms with Crippen LogP contribution in [0.1, 0.15) is 58.3 Å². The lowest BCUT2D eigenvalue weighted by atomic mass is 10.1. The van der Waals surface area contributed by atoms with Gasteiger partial charge in [-0.05, 0) is 18.6 Å². The number of nitrogens with zero attached hydrogens (tertiary/aromatic N) is 2. The first-order valence-electron chi connectivity index (χ1n) is 8.71. The number of carbonyl (C=O) groups is 1. The minimum atomic E-state index is -0.448. The number of nitro groups is 1. The van der Waals surface area contributed by atoms with Gasteiger partial charge in [0.05, 0.1) is 4.92 Å². The number of anilines is 1. The number of hydrogen-bond donors (Lipinski definition) is 0. The molecule has 1 aromatic carbocycles. The number of rotatable bonds is 12. The van der Waals surface area contributed by atoms with Crippen molar-refractivity contribution in [2.24, 2.45) is 0 Å². The monoisotopic (exact) mass is 354 g/mol. The predicted molar refractivity (Wildman–Crippen MR) is 98.8 cm³/mol. The highest BCUT2D eigenvalue weighted by molar-refractivity contribution is 6.29. The summed E-state index contributed by atoms with van der Waals surface area (Å²) < 4.78 is 0. The Kier molecular flexibility index (Phi) is 10.1. The molecular formula is C18H27ClN2O3. The largest absolute Gasteiger partial charge is 0.311 e. The summed E-state index contributed by atoms with van der Waals surface area (Å²) in [6.07, 6.45) is 9.53. The van der Waals surface area contributed by atoms with Gasteiger partial charge in [0.1, 0.15) is 5.88 Å². The summed E-state index contributed by atoms with van der Waals surface area (Å²) >= 11 is 5.69. The second-order valence-electron chi connectivity index (χ2n) is 5.93. The molecule has 0 spiro atoms. The molecule has 0 aliphatic heterocycles. The van der Waals surface area contributed by atoms with Crippen LogP contribution in [0.2, 0.25) is 0 Å². The van der Waals surface area contributed by atoms with Crippen molar-refractivity contribution in [1.82, 2.24) is 0 Å². The Morgan fingerprint density at radius 3 is 2.08 bits per heavy atom. The normalized spacial score (nSPS) is 10.6. The zero-order chi connectivity index (χ0) is 17.8. The van der Waals surface area contributed by atoms with E-state index in [0.717, 1.165) is 12.8 Å². The highest BCUT2D eigenvalue weighted by Crippen LogP contribution is 2.21. The third kappa shape index (κ3) is 7.30. The predicted octanol–water partition coefficient (Wildman–Crippen LogP) is 5.31. The lowest BCUT2D eigenvalue weighted by molar-refractivity contribution is -0.384. The molecule has 0 atom stereocenters. The number of non-ortho nitro benzene ring substituents is 1. The van der Waals surface area contributed by atoms with E-state index in [4.69, 9.17) is 11.6 Å². The number of nitro benzene ring substituents is 1. The molecule has 0 aliphatic carbocycles. The molecule has 0 saturated heterocycles. The van der Waals surface area contributed by atoms with Gasteiger partial charge in [-0.3, -0.25) is 14.9 Å². The molecule has 6 heteroatoms. The molecule has 0 aromatic heterocycles. The number of halogens is 1. The molecule has 0 bridgehead atoms. The summed E-state index contributed by atoms with van der Waals surface area (Å²) in [5.41, 5.74) is 0.679. The van der Waals surface area contributed by atoms with E-state index >= 15 is 0 Å². The van der Waals surface area contributed by atoms with Gasteiger partial charge >= 0.3 is 0 Å². The second kappa shape index (κ2) is 11.8. The van der Waals surface area contributed by atoms with Crippen LogP contribution in [0.15, 0.2) is 24.3 Å². The molecule has 5 nitrogen and oxygen atoms in total. The standard InChI is InChI=1S/C18H27ClN2O3/c1-2-3-4-5-6-7-8-9-14-20(18(22)15-19)16-10-12-17(13-11-16)21(23)24/h10-13H,2-9,14-15H2,1H3. The molecule has 1 aromatic rings. The number of hydrogen-bond acceptors (Lipinski definition) is 3. The van der Waals surface area contributed by atoms with E-state index in [-0.39, 0.29) is 17.5 Å². The molecular weight excluding hydrogens is 328 g/mol. The highest BCUT2D eigenvalue weighted by atomic mass is 35.5. The topological polar surface area (TPSA) is 63.5 Å². The average Bonchev–Trinajstić information content (AvgIpc) is 2.60. The van der Waals surface area contributed by atoms with Crippen LogP contribution in [0.4, 0.5) is 11.4 Å². The maximum Gasteiger partial charge on any atom is 0.269 e. The Hall–Kier alpha value is -1.62. The van der Waals surface area contributed by atoms with Crippen LogP contribution in [-0.4, -0.2) is 23.3 Å². The van der Waals surface area contributed by atoms with Crippen molar-refractivity contribution in [2.45, 2.75) is 58.3 Å². The summed E-state index contributed by atoms with van der Waals surface area (Å²) in [7, 11) is 0. The fraction of sp³-hybridized carbons (Fsp3) is 0.611. The molecule has 1 amide bonds. The maximum absolute atomic E-state index is 12.0. The SMILES string of the molecule is CCCCCCCCCCN(C(=O)CCl)c1ccc([N+](=O)[O-])cc1. The minimum absolute atomic E-state index is 0.0177. The van der Waals surface area contributed by atoms with Crippen molar-refractivity contribution in [2.75, 3.05) is 17.3 Å². The summed E-state index contributed by atoms with van der Waals surface area (Å²) in [6, 6.07) is 6.04. The Balaban J connectivity index is 2.45. The van der Waals surface area contributed by atoms with Crippen molar-refractivity contribution in [3.8, 4) is 0 Å². The molecule has 1 rings (SSSR count). The third-order valence-corrected chi connectivity index (χ3v) is 4.25. The van der Waals surface area contributed by atoms with Crippen LogP contribution in [0, 0.1) is 10.1 Å². The summed E-state index contributed by atoms with van der Waals surface area (Å²) in [5, 5.41) is 10.7. The van der Waals surface area contributed by atoms with Gasteiger partial charge in [-0.15, -0.1) is 11.6 Å². The fourth-order valence-corrected chi connectivity index (χ4v) is 2.77. The van der Waals surface area contributed by atoms with E-state index in [1.807, 2.05) is 0 Å². The molecule has 0 aliphatic rings. The van der Waals surface area contributed by atoms with Gasteiger partial charge in [-0.2, -0.15) is 0 Å². The van der Waals surface area contributed by atoms with E-state index in [1.54, 1.807) is 17.0 Å². The summed E-state index contributed by atoms with van der Waals surface area (Å²) in [4.78, 5) is 23.9. The van der Waals surface area contributed by atoms with Gasteiger partial charge < -0.3 is 4.90 Å². The van der Waals surface area contributed by atoms with Crippen LogP contribution in [0.5, 0.6) is 0 Å². The number of benzene rings is 1. The molecule has 0 fully saturated rings. The third-order valence-electron chi connectivity index (χ3n) is 4.02. The lowest BCUT2D eigenvalue weighted by Gasteiger charge is -2.22. The van der Waals surface area contributed by atoms with Crippen molar-refractivity contribution in [3.05, 3.63) is 34.4 Å². The molecule has 0 N–H and O–H groups in total. The van der Waals surface area contributed by atoms with E-state index in [2.05, 4.69) is 6.92 Å². The van der Waals surface area contributed by atoms with Crippen LogP contribution in [0.3, 0.4) is 0 Å². The molecule has 24 heavy (non-hydrogen) atoms. The van der Waals surface area contributed by atoms with Gasteiger partial charge in [-0.1, -0.05) is 51.9 Å².